The highest BCUT2D eigenvalue weighted by molar-refractivity contribution is 5.94. The molecule has 0 unspecified atom stereocenters. The first-order valence-corrected chi connectivity index (χ1v) is 4.90. The Morgan fingerprint density at radius 3 is 2.80 bits per heavy atom. The first-order chi connectivity index (χ1) is 7.18. The minimum Gasteiger partial charge on any atom is -0.391 e. The van der Waals surface area contributed by atoms with E-state index in [1.54, 1.807) is 12.1 Å². The van der Waals surface area contributed by atoms with Gasteiger partial charge in [-0.3, -0.25) is 4.79 Å². The van der Waals surface area contributed by atoms with Crippen LogP contribution in [0.2, 0.25) is 0 Å². The van der Waals surface area contributed by atoms with Gasteiger partial charge in [0.15, 0.2) is 0 Å². The molecule has 1 aliphatic rings. The maximum atomic E-state index is 13.3. The molecule has 0 bridgehead atoms. The SMILES string of the molecule is O=C(c1ccccc1F)N1CC[C@@H](O)C1. The predicted octanol–water partition coefficient (Wildman–Crippen LogP) is 1.03. The average Bonchev–Trinajstić information content (AvgIpc) is 2.65. The number of hydrogen-bond acceptors (Lipinski definition) is 2. The Labute approximate surface area is 87.1 Å². The Morgan fingerprint density at radius 2 is 2.20 bits per heavy atom. The lowest BCUT2D eigenvalue weighted by molar-refractivity contribution is 0.0760. The van der Waals surface area contributed by atoms with Gasteiger partial charge in [0, 0.05) is 13.1 Å². The van der Waals surface area contributed by atoms with Crippen LogP contribution in [0.5, 0.6) is 0 Å². The number of halogens is 1. The van der Waals surface area contributed by atoms with Crippen LogP contribution in [0.4, 0.5) is 4.39 Å². The molecule has 80 valence electrons. The van der Waals surface area contributed by atoms with E-state index in [-0.39, 0.29) is 11.5 Å². The van der Waals surface area contributed by atoms with Gasteiger partial charge in [0.25, 0.3) is 5.91 Å². The largest absolute Gasteiger partial charge is 0.391 e. The highest BCUT2D eigenvalue weighted by atomic mass is 19.1. The Bertz CT molecular complexity index is 381. The fraction of sp³-hybridized carbons (Fsp3) is 0.364. The number of aliphatic hydroxyl groups is 1. The van der Waals surface area contributed by atoms with Crippen LogP contribution in [0.3, 0.4) is 0 Å². The zero-order valence-corrected chi connectivity index (χ0v) is 8.19. The second kappa shape index (κ2) is 3.98. The standard InChI is InChI=1S/C11H12FNO2/c12-10-4-2-1-3-9(10)11(15)13-6-5-8(14)7-13/h1-4,8,14H,5-7H2/t8-/m1/s1. The number of carbonyl (C=O) groups is 1. The van der Waals surface area contributed by atoms with Gasteiger partial charge in [-0.2, -0.15) is 0 Å². The molecule has 0 radical (unpaired) electrons. The number of likely N-dealkylation sites (tertiary alicyclic amines) is 1. The molecule has 15 heavy (non-hydrogen) atoms. The zero-order valence-electron chi connectivity index (χ0n) is 8.19. The van der Waals surface area contributed by atoms with Crippen LogP contribution in [-0.2, 0) is 0 Å². The van der Waals surface area contributed by atoms with E-state index in [0.29, 0.717) is 19.5 Å². The summed E-state index contributed by atoms with van der Waals surface area (Å²) < 4.78 is 13.3. The van der Waals surface area contributed by atoms with E-state index in [4.69, 9.17) is 0 Å². The van der Waals surface area contributed by atoms with Gasteiger partial charge in [0.1, 0.15) is 5.82 Å². The van der Waals surface area contributed by atoms with Crippen molar-refractivity contribution in [2.24, 2.45) is 0 Å². The molecule has 0 aliphatic carbocycles. The Kier molecular flexibility index (Phi) is 2.68. The molecular weight excluding hydrogens is 197 g/mol. The molecule has 1 amide bonds. The van der Waals surface area contributed by atoms with Crippen LogP contribution in [0.25, 0.3) is 0 Å². The molecule has 1 saturated heterocycles. The fourth-order valence-electron chi connectivity index (χ4n) is 1.73. The number of hydrogen-bond donors (Lipinski definition) is 1. The van der Waals surface area contributed by atoms with Crippen molar-refractivity contribution in [1.29, 1.82) is 0 Å². The van der Waals surface area contributed by atoms with E-state index >= 15 is 0 Å². The van der Waals surface area contributed by atoms with Crippen LogP contribution in [0, 0.1) is 5.82 Å². The van der Waals surface area contributed by atoms with Crippen LogP contribution < -0.4 is 0 Å². The summed E-state index contributed by atoms with van der Waals surface area (Å²) in [7, 11) is 0. The predicted molar refractivity (Wildman–Crippen MR) is 52.9 cm³/mol. The maximum Gasteiger partial charge on any atom is 0.256 e. The van der Waals surface area contributed by atoms with Gasteiger partial charge < -0.3 is 10.0 Å². The molecule has 1 aromatic carbocycles. The lowest BCUT2D eigenvalue weighted by Crippen LogP contribution is -2.30. The van der Waals surface area contributed by atoms with E-state index in [9.17, 15) is 14.3 Å². The molecule has 2 rings (SSSR count). The van der Waals surface area contributed by atoms with Gasteiger partial charge in [-0.15, -0.1) is 0 Å². The number of aliphatic hydroxyl groups excluding tert-OH is 1. The summed E-state index contributed by atoms with van der Waals surface area (Å²) >= 11 is 0. The monoisotopic (exact) mass is 209 g/mol. The molecule has 1 aliphatic heterocycles. The number of β-amino-alcohol motifs (C(OH)–C–C–N with tert-alkyl or cyclic N) is 1. The topological polar surface area (TPSA) is 40.5 Å². The first kappa shape index (κ1) is 10.1. The molecule has 4 heteroatoms. The summed E-state index contributed by atoms with van der Waals surface area (Å²) in [4.78, 5) is 13.3. The van der Waals surface area contributed by atoms with Crippen molar-refractivity contribution in [3.05, 3.63) is 35.6 Å². The lowest BCUT2D eigenvalue weighted by Gasteiger charge is -2.15. The third-order valence-electron chi connectivity index (χ3n) is 2.55. The van der Waals surface area contributed by atoms with Gasteiger partial charge in [-0.1, -0.05) is 12.1 Å². The normalized spacial score (nSPS) is 20.7. The van der Waals surface area contributed by atoms with E-state index in [0.717, 1.165) is 0 Å². The minimum absolute atomic E-state index is 0.0756. The van der Waals surface area contributed by atoms with Crippen molar-refractivity contribution in [2.75, 3.05) is 13.1 Å². The highest BCUT2D eigenvalue weighted by Crippen LogP contribution is 2.15. The number of carbonyl (C=O) groups excluding carboxylic acids is 1. The van der Waals surface area contributed by atoms with E-state index in [1.165, 1.54) is 17.0 Å². The summed E-state index contributed by atoms with van der Waals surface area (Å²) in [5, 5.41) is 9.28. The van der Waals surface area contributed by atoms with Gasteiger partial charge in [-0.05, 0) is 18.6 Å². The fourth-order valence-corrected chi connectivity index (χ4v) is 1.73. The average molecular weight is 209 g/mol. The minimum atomic E-state index is -0.510. The number of rotatable bonds is 1. The lowest BCUT2D eigenvalue weighted by atomic mass is 10.2. The van der Waals surface area contributed by atoms with Gasteiger partial charge in [-0.25, -0.2) is 4.39 Å². The zero-order chi connectivity index (χ0) is 10.8. The molecule has 0 spiro atoms. The van der Waals surface area contributed by atoms with Crippen molar-refractivity contribution in [3.8, 4) is 0 Å². The molecule has 0 saturated carbocycles. The third kappa shape index (κ3) is 1.99. The molecule has 0 aromatic heterocycles. The van der Waals surface area contributed by atoms with Crippen molar-refractivity contribution >= 4 is 5.91 Å². The van der Waals surface area contributed by atoms with Gasteiger partial charge in [0.2, 0.25) is 0 Å². The molecule has 3 nitrogen and oxygen atoms in total. The number of benzene rings is 1. The van der Waals surface area contributed by atoms with Crippen LogP contribution in [-0.4, -0.2) is 35.1 Å². The van der Waals surface area contributed by atoms with E-state index in [1.807, 2.05) is 0 Å². The second-order valence-electron chi connectivity index (χ2n) is 3.67. The molecule has 1 atom stereocenters. The Balaban J connectivity index is 2.18. The molecule has 1 aromatic rings. The quantitative estimate of drug-likeness (QED) is 0.750. The Hall–Kier alpha value is -1.42. The molecule has 1 heterocycles. The van der Waals surface area contributed by atoms with Crippen molar-refractivity contribution < 1.29 is 14.3 Å². The maximum absolute atomic E-state index is 13.3. The van der Waals surface area contributed by atoms with Gasteiger partial charge >= 0.3 is 0 Å². The van der Waals surface area contributed by atoms with E-state index < -0.39 is 11.9 Å². The van der Waals surface area contributed by atoms with Gasteiger partial charge in [0.05, 0.1) is 11.7 Å². The summed E-state index contributed by atoms with van der Waals surface area (Å²) in [5.74, 6) is -0.853. The van der Waals surface area contributed by atoms with Crippen molar-refractivity contribution in [2.45, 2.75) is 12.5 Å². The smallest absolute Gasteiger partial charge is 0.256 e. The van der Waals surface area contributed by atoms with Crippen LogP contribution in [0.1, 0.15) is 16.8 Å². The summed E-state index contributed by atoms with van der Waals surface area (Å²) in [6.07, 6.45) is 0.0981. The third-order valence-corrected chi connectivity index (χ3v) is 2.55. The molecule has 1 fully saturated rings. The Morgan fingerprint density at radius 1 is 1.47 bits per heavy atom. The van der Waals surface area contributed by atoms with Crippen LogP contribution >= 0.6 is 0 Å². The summed E-state index contributed by atoms with van der Waals surface area (Å²) in [5.41, 5.74) is 0.0756. The summed E-state index contributed by atoms with van der Waals surface area (Å²) in [6, 6.07) is 5.90. The van der Waals surface area contributed by atoms with Crippen molar-refractivity contribution in [3.63, 3.8) is 0 Å². The summed E-state index contributed by atoms with van der Waals surface area (Å²) in [6.45, 7) is 0.793. The number of amides is 1. The molecular formula is C11H12FNO2. The first-order valence-electron chi connectivity index (χ1n) is 4.90. The highest BCUT2D eigenvalue weighted by Gasteiger charge is 2.26. The van der Waals surface area contributed by atoms with E-state index in [2.05, 4.69) is 0 Å². The number of nitrogens with zero attached hydrogens (tertiary/aromatic N) is 1. The van der Waals surface area contributed by atoms with Crippen molar-refractivity contribution in [1.82, 2.24) is 4.90 Å². The second-order valence-corrected chi connectivity index (χ2v) is 3.67. The van der Waals surface area contributed by atoms with Crippen LogP contribution in [0.15, 0.2) is 24.3 Å². The molecule has 1 N–H and O–H groups in total.